The summed E-state index contributed by atoms with van der Waals surface area (Å²) in [6, 6.07) is 37.9. The Hall–Kier alpha value is -4.62. The van der Waals surface area contributed by atoms with Crippen molar-refractivity contribution in [3.8, 4) is 11.3 Å². The number of halogens is 1. The van der Waals surface area contributed by atoms with Crippen LogP contribution in [0.5, 0.6) is 0 Å². The molecule has 0 amide bonds. The monoisotopic (exact) mass is 574 g/mol. The van der Waals surface area contributed by atoms with Crippen molar-refractivity contribution in [2.24, 2.45) is 0 Å². The fourth-order valence-corrected chi connectivity index (χ4v) is 5.80. The Labute approximate surface area is 233 Å². The van der Waals surface area contributed by atoms with Crippen LogP contribution in [0.1, 0.15) is 22.3 Å². The Balaban J connectivity index is 1.84. The molecule has 0 bridgehead atoms. The zero-order valence-electron chi connectivity index (χ0n) is 20.8. The molecule has 0 aliphatic rings. The van der Waals surface area contributed by atoms with Gasteiger partial charge in [0.2, 0.25) is 0 Å². The normalized spacial score (nSPS) is 11.5. The minimum Gasteiger partial charge on any atom is -0.265 e. The third-order valence-electron chi connectivity index (χ3n) is 7.07. The smallest absolute Gasteiger partial charge is 0.265 e. The first-order valence-electron chi connectivity index (χ1n) is 12.5. The predicted octanol–water partition coefficient (Wildman–Crippen LogP) is 7.74. The Kier molecular flexibility index (Phi) is 6.50. The van der Waals surface area contributed by atoms with Gasteiger partial charge in [-0.05, 0) is 34.9 Å². The van der Waals surface area contributed by atoms with E-state index in [4.69, 9.17) is 5.10 Å². The average molecular weight is 575 g/mol. The summed E-state index contributed by atoms with van der Waals surface area (Å²) in [5.41, 5.74) is 4.95. The molecule has 4 aromatic carbocycles. The molecule has 0 saturated heterocycles. The minimum absolute atomic E-state index is 0.0462. The van der Waals surface area contributed by atoms with Gasteiger partial charge in [-0.25, -0.2) is 4.68 Å². The standard InChI is InChI=1S/C32H23BrN4O2/c33-22-24-20-28-30(21-29(24)37(38)39)36(35-31(28)23-16-18-34-19-17-23)32(25-10-4-1-5-11-25,26-12-6-2-7-13-26)27-14-8-3-9-15-27/h1-21H,22H2. The number of nitro groups is 1. The SMILES string of the molecule is O=[N+]([O-])c1cc2c(cc1CBr)c(-c1ccncc1)nn2C(c1ccccc1)(c1ccccc1)c1ccccc1. The van der Waals surface area contributed by atoms with E-state index < -0.39 is 5.54 Å². The highest BCUT2D eigenvalue weighted by atomic mass is 79.9. The number of pyridine rings is 1. The Morgan fingerprint density at radius 1 is 0.769 bits per heavy atom. The molecule has 2 heterocycles. The molecule has 0 aliphatic heterocycles. The first kappa shape index (κ1) is 24.7. The number of rotatable bonds is 7. The summed E-state index contributed by atoms with van der Waals surface area (Å²) in [6.07, 6.45) is 3.46. The maximum atomic E-state index is 12.2. The van der Waals surface area contributed by atoms with Crippen LogP contribution < -0.4 is 0 Å². The van der Waals surface area contributed by atoms with Gasteiger partial charge in [-0.1, -0.05) is 107 Å². The van der Waals surface area contributed by atoms with Crippen LogP contribution in [0, 0.1) is 10.1 Å². The van der Waals surface area contributed by atoms with Gasteiger partial charge >= 0.3 is 0 Å². The summed E-state index contributed by atoms with van der Waals surface area (Å²) in [5, 5.41) is 18.7. The van der Waals surface area contributed by atoms with Crippen LogP contribution in [-0.2, 0) is 10.9 Å². The van der Waals surface area contributed by atoms with Crippen molar-refractivity contribution in [3.63, 3.8) is 0 Å². The van der Waals surface area contributed by atoms with E-state index in [0.29, 0.717) is 16.4 Å². The van der Waals surface area contributed by atoms with Crippen molar-refractivity contribution in [1.29, 1.82) is 0 Å². The lowest BCUT2D eigenvalue weighted by Crippen LogP contribution is -2.38. The van der Waals surface area contributed by atoms with Crippen LogP contribution in [-0.4, -0.2) is 19.7 Å². The second kappa shape index (κ2) is 10.3. The number of hydrogen-bond donors (Lipinski definition) is 0. The zero-order chi connectivity index (χ0) is 26.8. The highest BCUT2D eigenvalue weighted by Crippen LogP contribution is 2.45. The highest BCUT2D eigenvalue weighted by molar-refractivity contribution is 9.08. The Morgan fingerprint density at radius 2 is 1.28 bits per heavy atom. The Morgan fingerprint density at radius 3 is 1.74 bits per heavy atom. The summed E-state index contributed by atoms with van der Waals surface area (Å²) in [4.78, 5) is 16.1. The minimum atomic E-state index is -0.920. The topological polar surface area (TPSA) is 73.8 Å². The molecule has 0 fully saturated rings. The van der Waals surface area contributed by atoms with Crippen molar-refractivity contribution in [1.82, 2.24) is 14.8 Å². The molecule has 0 spiro atoms. The lowest BCUT2D eigenvalue weighted by atomic mass is 9.77. The Bertz CT molecular complexity index is 1660. The molecule has 0 unspecified atom stereocenters. The van der Waals surface area contributed by atoms with E-state index in [9.17, 15) is 10.1 Å². The van der Waals surface area contributed by atoms with Crippen LogP contribution in [0.3, 0.4) is 0 Å². The third kappa shape index (κ3) is 4.11. The first-order valence-corrected chi connectivity index (χ1v) is 13.6. The zero-order valence-corrected chi connectivity index (χ0v) is 22.4. The average Bonchev–Trinajstić information content (AvgIpc) is 3.38. The fraction of sp³-hybridized carbons (Fsp3) is 0.0625. The van der Waals surface area contributed by atoms with E-state index in [1.807, 2.05) is 77.5 Å². The number of nitro benzene ring substituents is 1. The molecule has 6 aromatic rings. The number of benzene rings is 4. The van der Waals surface area contributed by atoms with E-state index in [1.54, 1.807) is 18.5 Å². The summed E-state index contributed by atoms with van der Waals surface area (Å²) in [5.74, 6) is 0. The molecule has 0 saturated carbocycles. The molecular formula is C32H23BrN4O2. The van der Waals surface area contributed by atoms with Gasteiger partial charge in [0.1, 0.15) is 11.2 Å². The third-order valence-corrected chi connectivity index (χ3v) is 7.67. The molecule has 190 valence electrons. The lowest BCUT2D eigenvalue weighted by molar-refractivity contribution is -0.385. The molecule has 6 rings (SSSR count). The molecule has 0 N–H and O–H groups in total. The van der Waals surface area contributed by atoms with Crippen molar-refractivity contribution in [2.45, 2.75) is 10.9 Å². The van der Waals surface area contributed by atoms with E-state index in [0.717, 1.165) is 33.3 Å². The number of fused-ring (bicyclic) bond motifs is 1. The van der Waals surface area contributed by atoms with Crippen LogP contribution in [0.4, 0.5) is 5.69 Å². The van der Waals surface area contributed by atoms with E-state index in [2.05, 4.69) is 57.3 Å². The second-order valence-electron chi connectivity index (χ2n) is 9.19. The molecule has 0 aliphatic carbocycles. The number of nitrogens with zero attached hydrogens (tertiary/aromatic N) is 4. The van der Waals surface area contributed by atoms with Gasteiger partial charge in [0, 0.05) is 40.3 Å². The summed E-state index contributed by atoms with van der Waals surface area (Å²) < 4.78 is 1.96. The van der Waals surface area contributed by atoms with E-state index >= 15 is 0 Å². The molecule has 7 heteroatoms. The summed E-state index contributed by atoms with van der Waals surface area (Å²) in [6.45, 7) is 0. The lowest BCUT2D eigenvalue weighted by Gasteiger charge is -2.37. The fourth-order valence-electron chi connectivity index (χ4n) is 5.36. The van der Waals surface area contributed by atoms with Gasteiger partial charge in [-0.15, -0.1) is 0 Å². The number of aromatic nitrogens is 3. The van der Waals surface area contributed by atoms with E-state index in [1.165, 1.54) is 0 Å². The number of hydrogen-bond acceptors (Lipinski definition) is 4. The number of alkyl halides is 1. The van der Waals surface area contributed by atoms with Crippen LogP contribution in [0.15, 0.2) is 128 Å². The second-order valence-corrected chi connectivity index (χ2v) is 9.75. The van der Waals surface area contributed by atoms with Crippen molar-refractivity contribution in [2.75, 3.05) is 0 Å². The maximum Gasteiger partial charge on any atom is 0.275 e. The molecular weight excluding hydrogens is 552 g/mol. The van der Waals surface area contributed by atoms with Gasteiger partial charge < -0.3 is 0 Å². The van der Waals surface area contributed by atoms with Gasteiger partial charge in [-0.3, -0.25) is 15.1 Å². The van der Waals surface area contributed by atoms with Gasteiger partial charge in [0.05, 0.1) is 10.4 Å². The van der Waals surface area contributed by atoms with Crippen LogP contribution >= 0.6 is 15.9 Å². The molecule has 0 radical (unpaired) electrons. The van der Waals surface area contributed by atoms with Crippen molar-refractivity contribution in [3.05, 3.63) is 160 Å². The van der Waals surface area contributed by atoms with E-state index in [-0.39, 0.29) is 10.6 Å². The molecule has 2 aromatic heterocycles. The largest absolute Gasteiger partial charge is 0.275 e. The van der Waals surface area contributed by atoms with Crippen LogP contribution in [0.25, 0.3) is 22.2 Å². The summed E-state index contributed by atoms with van der Waals surface area (Å²) >= 11 is 3.46. The quantitative estimate of drug-likeness (QED) is 0.0845. The molecule has 6 nitrogen and oxygen atoms in total. The summed E-state index contributed by atoms with van der Waals surface area (Å²) in [7, 11) is 0. The first-order chi connectivity index (χ1) is 19.1. The van der Waals surface area contributed by atoms with Gasteiger partial charge in [-0.2, -0.15) is 5.10 Å². The molecule has 39 heavy (non-hydrogen) atoms. The van der Waals surface area contributed by atoms with Crippen LogP contribution in [0.2, 0.25) is 0 Å². The van der Waals surface area contributed by atoms with Crippen molar-refractivity contribution < 1.29 is 4.92 Å². The molecule has 0 atom stereocenters. The maximum absolute atomic E-state index is 12.2. The van der Waals surface area contributed by atoms with Gasteiger partial charge in [0.15, 0.2) is 0 Å². The highest BCUT2D eigenvalue weighted by Gasteiger charge is 2.41. The van der Waals surface area contributed by atoms with Crippen molar-refractivity contribution >= 4 is 32.5 Å². The van der Waals surface area contributed by atoms with Gasteiger partial charge in [0.25, 0.3) is 5.69 Å². The predicted molar refractivity (Wildman–Crippen MR) is 157 cm³/mol.